The van der Waals surface area contributed by atoms with Crippen molar-refractivity contribution in [1.29, 1.82) is 0 Å². The van der Waals surface area contributed by atoms with Gasteiger partial charge in [0.15, 0.2) is 18.1 Å². The van der Waals surface area contributed by atoms with Crippen LogP contribution in [0, 0.1) is 5.92 Å². The quantitative estimate of drug-likeness (QED) is 0.235. The van der Waals surface area contributed by atoms with Gasteiger partial charge in [-0.3, -0.25) is 4.79 Å². The third kappa shape index (κ3) is 10.8. The predicted octanol–water partition coefficient (Wildman–Crippen LogP) is 3.68. The minimum absolute atomic E-state index is 0.0330. The maximum absolute atomic E-state index is 12.0. The number of rotatable bonds is 12. The van der Waals surface area contributed by atoms with Crippen molar-refractivity contribution in [3.8, 4) is 11.5 Å². The second-order valence-electron chi connectivity index (χ2n) is 6.71. The van der Waals surface area contributed by atoms with E-state index in [0.29, 0.717) is 18.9 Å². The first kappa shape index (κ1) is 24.0. The van der Waals surface area contributed by atoms with E-state index in [0.717, 1.165) is 24.8 Å². The number of hydrogen-bond acceptors (Lipinski definition) is 6. The zero-order valence-electron chi connectivity index (χ0n) is 17.1. The molecule has 8 nitrogen and oxygen atoms in total. The molecule has 8 heteroatoms. The topological polar surface area (TPSA) is 111 Å². The number of carboxylic acids is 1. The van der Waals surface area contributed by atoms with Gasteiger partial charge in [-0.05, 0) is 42.9 Å². The number of methoxy groups -OCH3 is 1. The van der Waals surface area contributed by atoms with Crippen molar-refractivity contribution in [1.82, 2.24) is 5.32 Å². The molecule has 0 atom stereocenters. The number of unbranched alkanes of at least 4 members (excludes halogenated alkanes) is 2. The first-order chi connectivity index (χ1) is 13.8. The minimum Gasteiger partial charge on any atom is -0.493 e. The number of benzene rings is 1. The second kappa shape index (κ2) is 13.2. The van der Waals surface area contributed by atoms with Gasteiger partial charge in [-0.2, -0.15) is 0 Å². The Hall–Kier alpha value is -3.03. The van der Waals surface area contributed by atoms with Crippen LogP contribution in [0.25, 0.3) is 0 Å². The van der Waals surface area contributed by atoms with Crippen LogP contribution in [-0.4, -0.2) is 36.9 Å². The molecule has 0 aliphatic rings. The van der Waals surface area contributed by atoms with E-state index in [1.54, 1.807) is 12.1 Å². The Bertz CT molecular complexity index is 713. The summed E-state index contributed by atoms with van der Waals surface area (Å²) in [6.07, 6.45) is 6.39. The van der Waals surface area contributed by atoms with Crippen LogP contribution in [0.4, 0.5) is 4.79 Å². The maximum atomic E-state index is 12.0. The van der Waals surface area contributed by atoms with Gasteiger partial charge in [0.2, 0.25) is 5.91 Å². The van der Waals surface area contributed by atoms with Gasteiger partial charge in [0.05, 0.1) is 7.11 Å². The van der Waals surface area contributed by atoms with Crippen LogP contribution in [0.1, 0.15) is 45.1 Å². The minimum atomic E-state index is -1.29. The van der Waals surface area contributed by atoms with Crippen LogP contribution < -0.4 is 14.8 Å². The van der Waals surface area contributed by atoms with E-state index in [4.69, 9.17) is 14.6 Å². The van der Waals surface area contributed by atoms with E-state index in [1.165, 1.54) is 13.2 Å². The summed E-state index contributed by atoms with van der Waals surface area (Å²) in [7, 11) is 1.40. The highest BCUT2D eigenvalue weighted by atomic mass is 16.7. The summed E-state index contributed by atoms with van der Waals surface area (Å²) in [6, 6.07) is 4.78. The third-order valence-corrected chi connectivity index (χ3v) is 3.77. The summed E-state index contributed by atoms with van der Waals surface area (Å²) >= 11 is 0. The largest absolute Gasteiger partial charge is 0.514 e. The summed E-state index contributed by atoms with van der Waals surface area (Å²) in [4.78, 5) is 33.8. The maximum Gasteiger partial charge on any atom is 0.514 e. The molecule has 0 radical (unpaired) electrons. The van der Waals surface area contributed by atoms with Gasteiger partial charge in [-0.1, -0.05) is 32.1 Å². The molecule has 0 aliphatic carbocycles. The van der Waals surface area contributed by atoms with Crippen LogP contribution >= 0.6 is 0 Å². The van der Waals surface area contributed by atoms with E-state index in [2.05, 4.69) is 36.1 Å². The van der Waals surface area contributed by atoms with Gasteiger partial charge < -0.3 is 24.6 Å². The number of hydrogen-bond donors (Lipinski definition) is 2. The van der Waals surface area contributed by atoms with Crippen LogP contribution in [0.3, 0.4) is 0 Å². The molecule has 160 valence electrons. The van der Waals surface area contributed by atoms with Crippen molar-refractivity contribution in [3.05, 3.63) is 35.9 Å². The van der Waals surface area contributed by atoms with Gasteiger partial charge in [-0.15, -0.1) is 0 Å². The number of carbonyl (C=O) groups excluding carboxylic acids is 2. The van der Waals surface area contributed by atoms with Crippen LogP contribution in [-0.2, 0) is 20.9 Å². The average Bonchev–Trinajstić information content (AvgIpc) is 2.67. The molecule has 0 saturated heterocycles. The molecule has 1 aromatic carbocycles. The smallest absolute Gasteiger partial charge is 0.493 e. The molecule has 0 fully saturated rings. The number of aliphatic carboxylic acids is 1. The van der Waals surface area contributed by atoms with Crippen LogP contribution in [0.2, 0.25) is 0 Å². The molecule has 2 N–H and O–H groups in total. The lowest BCUT2D eigenvalue weighted by Crippen LogP contribution is -2.22. The molecule has 29 heavy (non-hydrogen) atoms. The highest BCUT2D eigenvalue weighted by molar-refractivity contribution is 5.76. The van der Waals surface area contributed by atoms with Crippen molar-refractivity contribution in [2.75, 3.05) is 13.7 Å². The molecule has 0 aliphatic heterocycles. The Morgan fingerprint density at radius 2 is 1.93 bits per heavy atom. The fourth-order valence-corrected chi connectivity index (χ4v) is 2.35. The SMILES string of the molecule is COc1cc(CNC(=O)CCCCC=CC(C)C)ccc1OC(=O)OCC(=O)O. The van der Waals surface area contributed by atoms with Crippen molar-refractivity contribution in [2.24, 2.45) is 5.92 Å². The number of ether oxygens (including phenoxy) is 3. The van der Waals surface area contributed by atoms with Gasteiger partial charge in [-0.25, -0.2) is 9.59 Å². The lowest BCUT2D eigenvalue weighted by molar-refractivity contribution is -0.140. The Labute approximate surface area is 170 Å². The highest BCUT2D eigenvalue weighted by Crippen LogP contribution is 2.28. The normalized spacial score (nSPS) is 10.8. The van der Waals surface area contributed by atoms with Gasteiger partial charge >= 0.3 is 12.1 Å². The molecule has 1 amide bonds. The Balaban J connectivity index is 2.43. The number of carboxylic acid groups (broad SMARTS) is 1. The number of nitrogens with one attached hydrogen (secondary N) is 1. The van der Waals surface area contributed by atoms with Crippen molar-refractivity contribution in [2.45, 2.75) is 46.1 Å². The average molecular weight is 407 g/mol. The number of carbonyl (C=O) groups is 3. The summed E-state index contributed by atoms with van der Waals surface area (Å²) in [6.45, 7) is 3.77. The monoisotopic (exact) mass is 407 g/mol. The van der Waals surface area contributed by atoms with Crippen molar-refractivity contribution in [3.63, 3.8) is 0 Å². The lowest BCUT2D eigenvalue weighted by Gasteiger charge is -2.11. The van der Waals surface area contributed by atoms with Gasteiger partial charge in [0.25, 0.3) is 0 Å². The molecule has 1 aromatic rings. The number of amides is 1. The Kier molecular flexibility index (Phi) is 10.9. The standard InChI is InChI=1S/C21H29NO7/c1-15(2)8-6-4-5-7-9-19(23)22-13-16-10-11-17(18(12-16)27-3)29-21(26)28-14-20(24)25/h6,8,10-12,15H,4-5,7,9,13-14H2,1-3H3,(H,22,23)(H,24,25). The fraction of sp³-hybridized carbons (Fsp3) is 0.476. The molecule has 0 aromatic heterocycles. The van der Waals surface area contributed by atoms with Crippen molar-refractivity contribution >= 4 is 18.0 Å². The summed E-state index contributed by atoms with van der Waals surface area (Å²) in [5.74, 6) is -0.419. The van der Waals surface area contributed by atoms with Crippen molar-refractivity contribution < 1.29 is 33.7 Å². The summed E-state index contributed by atoms with van der Waals surface area (Å²) < 4.78 is 14.5. The zero-order chi connectivity index (χ0) is 21.6. The van der Waals surface area contributed by atoms with E-state index in [9.17, 15) is 14.4 Å². The van der Waals surface area contributed by atoms with Crippen LogP contribution in [0.15, 0.2) is 30.4 Å². The van der Waals surface area contributed by atoms with E-state index >= 15 is 0 Å². The molecular weight excluding hydrogens is 378 g/mol. The van der Waals surface area contributed by atoms with Gasteiger partial charge in [0.1, 0.15) is 0 Å². The number of allylic oxidation sites excluding steroid dienone is 2. The summed E-state index contributed by atoms with van der Waals surface area (Å²) in [5.41, 5.74) is 0.765. The lowest BCUT2D eigenvalue weighted by atomic mass is 10.1. The molecule has 0 saturated carbocycles. The fourth-order valence-electron chi connectivity index (χ4n) is 2.35. The third-order valence-electron chi connectivity index (χ3n) is 3.77. The van der Waals surface area contributed by atoms with E-state index < -0.39 is 18.7 Å². The Morgan fingerprint density at radius 1 is 1.17 bits per heavy atom. The first-order valence-electron chi connectivity index (χ1n) is 9.48. The highest BCUT2D eigenvalue weighted by Gasteiger charge is 2.13. The summed E-state index contributed by atoms with van der Waals surface area (Å²) in [5, 5.41) is 11.3. The van der Waals surface area contributed by atoms with Crippen LogP contribution in [0.5, 0.6) is 11.5 Å². The zero-order valence-corrected chi connectivity index (χ0v) is 17.1. The molecule has 0 unspecified atom stereocenters. The first-order valence-corrected chi connectivity index (χ1v) is 9.48. The molecule has 0 heterocycles. The van der Waals surface area contributed by atoms with E-state index in [1.807, 2.05) is 0 Å². The molecular formula is C21H29NO7. The molecule has 1 rings (SSSR count). The second-order valence-corrected chi connectivity index (χ2v) is 6.71. The van der Waals surface area contributed by atoms with Gasteiger partial charge in [0, 0.05) is 13.0 Å². The van der Waals surface area contributed by atoms with E-state index in [-0.39, 0.29) is 17.4 Å². The molecule has 0 bridgehead atoms. The Morgan fingerprint density at radius 3 is 2.59 bits per heavy atom. The molecule has 0 spiro atoms. The predicted molar refractivity (Wildman–Crippen MR) is 107 cm³/mol.